The van der Waals surface area contributed by atoms with Crippen molar-refractivity contribution < 1.29 is 4.79 Å². The van der Waals surface area contributed by atoms with Crippen molar-refractivity contribution in [2.75, 3.05) is 13.1 Å². The Morgan fingerprint density at radius 2 is 2.36 bits per heavy atom. The average Bonchev–Trinajstić information content (AvgIpc) is 2.45. The summed E-state index contributed by atoms with van der Waals surface area (Å²) in [6.07, 6.45) is 3.58. The zero-order valence-electron chi connectivity index (χ0n) is 9.10. The number of nitrogens with one attached hydrogen (secondary N) is 2. The molecule has 80 valence electrons. The van der Waals surface area contributed by atoms with E-state index in [1.807, 2.05) is 0 Å². The van der Waals surface area contributed by atoms with E-state index in [1.165, 1.54) is 12.8 Å². The molecule has 1 saturated carbocycles. The van der Waals surface area contributed by atoms with Gasteiger partial charge in [0.05, 0.1) is 5.41 Å². The molecule has 2 N–H and O–H groups in total. The van der Waals surface area contributed by atoms with E-state index in [1.54, 1.807) is 0 Å². The molecule has 1 aliphatic carbocycles. The lowest BCUT2D eigenvalue weighted by Gasteiger charge is -2.36. The van der Waals surface area contributed by atoms with Crippen molar-refractivity contribution in [3.63, 3.8) is 0 Å². The fourth-order valence-corrected chi connectivity index (χ4v) is 2.27. The lowest BCUT2D eigenvalue weighted by molar-refractivity contribution is -0.126. The lowest BCUT2D eigenvalue weighted by Crippen LogP contribution is -2.48. The Morgan fingerprint density at radius 1 is 1.57 bits per heavy atom. The summed E-state index contributed by atoms with van der Waals surface area (Å²) in [5, 5.41) is 6.42. The van der Waals surface area contributed by atoms with Crippen LogP contribution in [0.5, 0.6) is 0 Å². The van der Waals surface area contributed by atoms with Crippen LogP contribution in [0.2, 0.25) is 0 Å². The van der Waals surface area contributed by atoms with Crippen molar-refractivity contribution in [2.24, 2.45) is 11.3 Å². The van der Waals surface area contributed by atoms with Gasteiger partial charge in [-0.2, -0.15) is 0 Å². The Balaban J connectivity index is 1.81. The topological polar surface area (TPSA) is 41.1 Å². The summed E-state index contributed by atoms with van der Waals surface area (Å²) in [5.74, 6) is 1.01. The Hall–Kier alpha value is -0.570. The molecule has 3 heteroatoms. The number of rotatable bonds is 3. The van der Waals surface area contributed by atoms with Crippen LogP contribution in [0.3, 0.4) is 0 Å². The molecule has 1 amide bonds. The second-order valence-electron chi connectivity index (χ2n) is 5.11. The summed E-state index contributed by atoms with van der Waals surface area (Å²) in [6, 6.07) is 0.653. The monoisotopic (exact) mass is 196 g/mol. The summed E-state index contributed by atoms with van der Waals surface area (Å²) < 4.78 is 0. The fourth-order valence-electron chi connectivity index (χ4n) is 2.27. The van der Waals surface area contributed by atoms with Crippen LogP contribution in [0.1, 0.15) is 33.1 Å². The summed E-state index contributed by atoms with van der Waals surface area (Å²) in [4.78, 5) is 11.5. The van der Waals surface area contributed by atoms with Crippen LogP contribution in [-0.2, 0) is 4.79 Å². The predicted octanol–water partition coefficient (Wildman–Crippen LogP) is 0.901. The molecule has 3 atom stereocenters. The lowest BCUT2D eigenvalue weighted by atomic mass is 9.80. The molecule has 1 heterocycles. The van der Waals surface area contributed by atoms with Crippen molar-refractivity contribution >= 4 is 5.91 Å². The highest BCUT2D eigenvalue weighted by Crippen LogP contribution is 2.29. The third-order valence-corrected chi connectivity index (χ3v) is 3.88. The standard InChI is InChI=1S/C11H20N2O/c1-8-3-4-9(8)13-7-11(2)5-6-12-10(11)14/h8-9,13H,3-7H2,1-2H3,(H,12,14). The van der Waals surface area contributed by atoms with Crippen molar-refractivity contribution in [3.05, 3.63) is 0 Å². The highest BCUT2D eigenvalue weighted by atomic mass is 16.2. The van der Waals surface area contributed by atoms with Crippen molar-refractivity contribution in [1.82, 2.24) is 10.6 Å². The second kappa shape index (κ2) is 3.54. The van der Waals surface area contributed by atoms with Crippen molar-refractivity contribution in [1.29, 1.82) is 0 Å². The van der Waals surface area contributed by atoms with Gasteiger partial charge >= 0.3 is 0 Å². The predicted molar refractivity (Wildman–Crippen MR) is 55.9 cm³/mol. The molecule has 0 aromatic heterocycles. The molecule has 0 aromatic carbocycles. The van der Waals surface area contributed by atoms with Crippen LogP contribution < -0.4 is 10.6 Å². The first-order chi connectivity index (χ1) is 6.62. The van der Waals surface area contributed by atoms with E-state index in [2.05, 4.69) is 24.5 Å². The van der Waals surface area contributed by atoms with Gasteiger partial charge in [0, 0.05) is 19.1 Å². The first kappa shape index (κ1) is 9.97. The first-order valence-electron chi connectivity index (χ1n) is 5.63. The largest absolute Gasteiger partial charge is 0.356 e. The number of carbonyl (C=O) groups excluding carboxylic acids is 1. The molecule has 2 fully saturated rings. The molecule has 3 nitrogen and oxygen atoms in total. The second-order valence-corrected chi connectivity index (χ2v) is 5.11. The Morgan fingerprint density at radius 3 is 2.79 bits per heavy atom. The molecular formula is C11H20N2O. The van der Waals surface area contributed by atoms with Crippen LogP contribution >= 0.6 is 0 Å². The van der Waals surface area contributed by atoms with Gasteiger partial charge in [0.25, 0.3) is 0 Å². The maximum atomic E-state index is 11.5. The van der Waals surface area contributed by atoms with Crippen molar-refractivity contribution in [2.45, 2.75) is 39.2 Å². The van der Waals surface area contributed by atoms with Gasteiger partial charge in [0.2, 0.25) is 5.91 Å². The van der Waals surface area contributed by atoms with Gasteiger partial charge < -0.3 is 10.6 Å². The maximum Gasteiger partial charge on any atom is 0.227 e. The van der Waals surface area contributed by atoms with Crippen LogP contribution in [0.25, 0.3) is 0 Å². The molecule has 2 aliphatic rings. The molecule has 0 aromatic rings. The summed E-state index contributed by atoms with van der Waals surface area (Å²) in [7, 11) is 0. The van der Waals surface area contributed by atoms with Gasteiger partial charge in [-0.15, -0.1) is 0 Å². The summed E-state index contributed by atoms with van der Waals surface area (Å²) >= 11 is 0. The average molecular weight is 196 g/mol. The van der Waals surface area contributed by atoms with Gasteiger partial charge in [0.1, 0.15) is 0 Å². The highest BCUT2D eigenvalue weighted by Gasteiger charge is 2.38. The molecule has 1 saturated heterocycles. The maximum absolute atomic E-state index is 11.5. The minimum atomic E-state index is -0.157. The van der Waals surface area contributed by atoms with Gasteiger partial charge in [-0.05, 0) is 32.1 Å². The van der Waals surface area contributed by atoms with Gasteiger partial charge in [-0.1, -0.05) is 6.92 Å². The molecule has 2 rings (SSSR count). The normalized spacial score (nSPS) is 42.0. The van der Waals surface area contributed by atoms with E-state index in [0.29, 0.717) is 6.04 Å². The van der Waals surface area contributed by atoms with E-state index >= 15 is 0 Å². The van der Waals surface area contributed by atoms with Gasteiger partial charge in [-0.3, -0.25) is 4.79 Å². The minimum Gasteiger partial charge on any atom is -0.356 e. The number of amides is 1. The fraction of sp³-hybridized carbons (Fsp3) is 0.909. The van der Waals surface area contributed by atoms with E-state index in [-0.39, 0.29) is 11.3 Å². The van der Waals surface area contributed by atoms with E-state index in [9.17, 15) is 4.79 Å². The van der Waals surface area contributed by atoms with Crippen LogP contribution in [0.4, 0.5) is 0 Å². The molecule has 0 spiro atoms. The number of hydrogen-bond acceptors (Lipinski definition) is 2. The number of hydrogen-bond donors (Lipinski definition) is 2. The Kier molecular flexibility index (Phi) is 2.52. The highest BCUT2D eigenvalue weighted by molar-refractivity contribution is 5.84. The van der Waals surface area contributed by atoms with E-state index in [4.69, 9.17) is 0 Å². The molecule has 1 aliphatic heterocycles. The zero-order chi connectivity index (χ0) is 10.2. The molecule has 0 radical (unpaired) electrons. The third-order valence-electron chi connectivity index (χ3n) is 3.88. The SMILES string of the molecule is CC1CCC1NCC1(C)CCNC1=O. The molecule has 0 bridgehead atoms. The quantitative estimate of drug-likeness (QED) is 0.704. The number of carbonyl (C=O) groups is 1. The molecule has 3 unspecified atom stereocenters. The van der Waals surface area contributed by atoms with Crippen LogP contribution in [0.15, 0.2) is 0 Å². The summed E-state index contributed by atoms with van der Waals surface area (Å²) in [5.41, 5.74) is -0.157. The van der Waals surface area contributed by atoms with Crippen LogP contribution in [-0.4, -0.2) is 25.0 Å². The van der Waals surface area contributed by atoms with Crippen LogP contribution in [0, 0.1) is 11.3 Å². The van der Waals surface area contributed by atoms with Gasteiger partial charge in [0.15, 0.2) is 0 Å². The Labute approximate surface area is 85.6 Å². The van der Waals surface area contributed by atoms with Gasteiger partial charge in [-0.25, -0.2) is 0 Å². The molecular weight excluding hydrogens is 176 g/mol. The Bertz CT molecular complexity index is 241. The zero-order valence-corrected chi connectivity index (χ0v) is 9.10. The van der Waals surface area contributed by atoms with E-state index < -0.39 is 0 Å². The van der Waals surface area contributed by atoms with E-state index in [0.717, 1.165) is 25.4 Å². The third kappa shape index (κ3) is 1.65. The first-order valence-corrected chi connectivity index (χ1v) is 5.63. The van der Waals surface area contributed by atoms with Crippen molar-refractivity contribution in [3.8, 4) is 0 Å². The summed E-state index contributed by atoms with van der Waals surface area (Å²) in [6.45, 7) is 6.02. The molecule has 14 heavy (non-hydrogen) atoms. The smallest absolute Gasteiger partial charge is 0.227 e. The minimum absolute atomic E-state index is 0.157.